The van der Waals surface area contributed by atoms with E-state index in [1.807, 2.05) is 0 Å². The van der Waals surface area contributed by atoms with Crippen LogP contribution >= 0.6 is 23.2 Å². The van der Waals surface area contributed by atoms with Gasteiger partial charge in [0, 0.05) is 35.1 Å². The van der Waals surface area contributed by atoms with Gasteiger partial charge in [-0.3, -0.25) is 0 Å². The zero-order valence-corrected chi connectivity index (χ0v) is 10.1. The van der Waals surface area contributed by atoms with Gasteiger partial charge in [0.05, 0.1) is 0 Å². The number of nitrogens with zero attached hydrogens (tertiary/aromatic N) is 2. The number of imidazole rings is 1. The van der Waals surface area contributed by atoms with Crippen molar-refractivity contribution in [3.8, 4) is 0 Å². The molecule has 1 aromatic carbocycles. The molecule has 1 aromatic heterocycles. The van der Waals surface area contributed by atoms with E-state index in [9.17, 15) is 5.11 Å². The summed E-state index contributed by atoms with van der Waals surface area (Å²) in [6.07, 6.45) is 2.45. The van der Waals surface area contributed by atoms with Gasteiger partial charge in [0.25, 0.3) is 0 Å². The Morgan fingerprint density at radius 3 is 2.44 bits per heavy atom. The number of aromatic nitrogens is 2. The van der Waals surface area contributed by atoms with E-state index in [1.165, 1.54) is 0 Å². The average molecular weight is 257 g/mol. The van der Waals surface area contributed by atoms with Gasteiger partial charge >= 0.3 is 0 Å². The second kappa shape index (κ2) is 4.45. The topological polar surface area (TPSA) is 38.0 Å². The molecule has 1 heterocycles. The van der Waals surface area contributed by atoms with Crippen LogP contribution in [0.5, 0.6) is 0 Å². The summed E-state index contributed by atoms with van der Waals surface area (Å²) < 4.78 is 1.73. The summed E-state index contributed by atoms with van der Waals surface area (Å²) in [4.78, 5) is 4.07. The molecule has 2 rings (SSSR count). The first-order valence-electron chi connectivity index (χ1n) is 4.70. The molecular formula is C11H10Cl2N2O. The van der Waals surface area contributed by atoms with E-state index in [4.69, 9.17) is 23.2 Å². The summed E-state index contributed by atoms with van der Waals surface area (Å²) >= 11 is 12.0. The Hall–Kier alpha value is -1.03. The highest BCUT2D eigenvalue weighted by atomic mass is 35.5. The van der Waals surface area contributed by atoms with Crippen LogP contribution in [0.4, 0.5) is 0 Å². The number of aliphatic hydroxyl groups is 1. The molecule has 0 radical (unpaired) electrons. The van der Waals surface area contributed by atoms with Gasteiger partial charge < -0.3 is 9.67 Å². The molecule has 0 spiro atoms. The molecule has 0 bridgehead atoms. The summed E-state index contributed by atoms with van der Waals surface area (Å²) in [5, 5.41) is 11.0. The molecule has 16 heavy (non-hydrogen) atoms. The highest BCUT2D eigenvalue weighted by molar-refractivity contribution is 6.36. The lowest BCUT2D eigenvalue weighted by Gasteiger charge is -2.14. The van der Waals surface area contributed by atoms with E-state index in [0.29, 0.717) is 21.4 Å². The lowest BCUT2D eigenvalue weighted by molar-refractivity contribution is 0.206. The Kier molecular flexibility index (Phi) is 3.19. The molecule has 5 heteroatoms. The largest absolute Gasteiger partial charge is 0.380 e. The molecule has 0 saturated heterocycles. The average Bonchev–Trinajstić information content (AvgIpc) is 2.64. The van der Waals surface area contributed by atoms with Crippen molar-refractivity contribution in [1.82, 2.24) is 9.55 Å². The minimum absolute atomic E-state index is 0.433. The van der Waals surface area contributed by atoms with Gasteiger partial charge in [0.1, 0.15) is 11.9 Å². The number of aryl methyl sites for hydroxylation is 1. The molecule has 0 saturated carbocycles. The van der Waals surface area contributed by atoms with Crippen LogP contribution in [0.2, 0.25) is 10.0 Å². The fourth-order valence-corrected chi connectivity index (χ4v) is 2.15. The number of benzene rings is 1. The summed E-state index contributed by atoms with van der Waals surface area (Å²) in [5.41, 5.74) is 0.486. The molecule has 0 aliphatic carbocycles. The molecule has 2 aromatic rings. The maximum Gasteiger partial charge on any atom is 0.142 e. The van der Waals surface area contributed by atoms with E-state index in [2.05, 4.69) is 4.98 Å². The first kappa shape index (κ1) is 11.5. The molecule has 3 nitrogen and oxygen atoms in total. The van der Waals surface area contributed by atoms with Crippen molar-refractivity contribution in [2.45, 2.75) is 6.10 Å². The Morgan fingerprint density at radius 1 is 1.31 bits per heavy atom. The fraction of sp³-hybridized carbons (Fsp3) is 0.182. The third-order valence-electron chi connectivity index (χ3n) is 2.38. The van der Waals surface area contributed by atoms with Crippen LogP contribution in [0.25, 0.3) is 0 Å². The van der Waals surface area contributed by atoms with Gasteiger partial charge in [0.2, 0.25) is 0 Å². The molecular weight excluding hydrogens is 247 g/mol. The normalized spacial score (nSPS) is 12.8. The second-order valence-corrected chi connectivity index (χ2v) is 4.25. The van der Waals surface area contributed by atoms with Crippen molar-refractivity contribution in [3.63, 3.8) is 0 Å². The van der Waals surface area contributed by atoms with Crippen molar-refractivity contribution < 1.29 is 5.11 Å². The van der Waals surface area contributed by atoms with Crippen molar-refractivity contribution in [3.05, 3.63) is 52.0 Å². The Balaban J connectivity index is 2.49. The highest BCUT2D eigenvalue weighted by Crippen LogP contribution is 2.32. The summed E-state index contributed by atoms with van der Waals surface area (Å²) in [6, 6.07) is 5.11. The van der Waals surface area contributed by atoms with Crippen molar-refractivity contribution in [2.24, 2.45) is 7.05 Å². The van der Waals surface area contributed by atoms with Gasteiger partial charge in [-0.05, 0) is 12.1 Å². The van der Waals surface area contributed by atoms with Crippen LogP contribution in [-0.4, -0.2) is 14.7 Å². The predicted octanol–water partition coefficient (Wildman–Crippen LogP) is 2.81. The first-order chi connectivity index (χ1) is 7.61. The van der Waals surface area contributed by atoms with E-state index >= 15 is 0 Å². The number of rotatable bonds is 2. The lowest BCUT2D eigenvalue weighted by Crippen LogP contribution is -2.08. The van der Waals surface area contributed by atoms with Crippen LogP contribution < -0.4 is 0 Å². The lowest BCUT2D eigenvalue weighted by atomic mass is 10.1. The number of aliphatic hydroxyl groups excluding tert-OH is 1. The molecule has 1 atom stereocenters. The third-order valence-corrected chi connectivity index (χ3v) is 3.04. The number of hydrogen-bond donors (Lipinski definition) is 1. The van der Waals surface area contributed by atoms with E-state index < -0.39 is 6.10 Å². The monoisotopic (exact) mass is 256 g/mol. The van der Waals surface area contributed by atoms with Crippen molar-refractivity contribution >= 4 is 23.2 Å². The second-order valence-electron chi connectivity index (χ2n) is 3.43. The van der Waals surface area contributed by atoms with Crippen LogP contribution in [0.3, 0.4) is 0 Å². The molecule has 84 valence electrons. The standard InChI is InChI=1S/C11H10Cl2N2O/c1-15-6-5-14-11(15)10(16)9-7(12)3-2-4-8(9)13/h2-6,10,16H,1H3. The maximum absolute atomic E-state index is 10.2. The van der Waals surface area contributed by atoms with Gasteiger partial charge in [0.15, 0.2) is 0 Å². The third kappa shape index (κ3) is 1.94. The van der Waals surface area contributed by atoms with Crippen molar-refractivity contribution in [1.29, 1.82) is 0 Å². The van der Waals surface area contributed by atoms with Gasteiger partial charge in [-0.1, -0.05) is 29.3 Å². The number of halogens is 2. The highest BCUT2D eigenvalue weighted by Gasteiger charge is 2.20. The van der Waals surface area contributed by atoms with Crippen LogP contribution in [-0.2, 0) is 7.05 Å². The summed E-state index contributed by atoms with van der Waals surface area (Å²) in [7, 11) is 1.80. The SMILES string of the molecule is Cn1ccnc1C(O)c1c(Cl)cccc1Cl. The molecule has 0 fully saturated rings. The Morgan fingerprint density at radius 2 is 1.94 bits per heavy atom. The first-order valence-corrected chi connectivity index (χ1v) is 5.46. The van der Waals surface area contributed by atoms with E-state index in [1.54, 1.807) is 42.2 Å². The predicted molar refractivity (Wildman–Crippen MR) is 63.7 cm³/mol. The Labute approximate surface area is 103 Å². The molecule has 0 amide bonds. The Bertz CT molecular complexity index is 490. The zero-order valence-electron chi connectivity index (χ0n) is 8.56. The minimum Gasteiger partial charge on any atom is -0.380 e. The maximum atomic E-state index is 10.2. The van der Waals surface area contributed by atoms with E-state index in [0.717, 1.165) is 0 Å². The summed E-state index contributed by atoms with van der Waals surface area (Å²) in [5.74, 6) is 0.509. The van der Waals surface area contributed by atoms with Crippen LogP contribution in [0.15, 0.2) is 30.6 Å². The van der Waals surface area contributed by atoms with Crippen LogP contribution in [0.1, 0.15) is 17.5 Å². The zero-order chi connectivity index (χ0) is 11.7. The smallest absolute Gasteiger partial charge is 0.142 e. The van der Waals surface area contributed by atoms with E-state index in [-0.39, 0.29) is 0 Å². The molecule has 0 aliphatic rings. The number of hydrogen-bond acceptors (Lipinski definition) is 2. The molecule has 1 unspecified atom stereocenters. The minimum atomic E-state index is -0.916. The fourth-order valence-electron chi connectivity index (χ4n) is 1.54. The molecule has 1 N–H and O–H groups in total. The molecule has 0 aliphatic heterocycles. The van der Waals surface area contributed by atoms with Gasteiger partial charge in [-0.25, -0.2) is 4.98 Å². The van der Waals surface area contributed by atoms with Gasteiger partial charge in [-0.2, -0.15) is 0 Å². The summed E-state index contributed by atoms with van der Waals surface area (Å²) in [6.45, 7) is 0. The van der Waals surface area contributed by atoms with Gasteiger partial charge in [-0.15, -0.1) is 0 Å². The quantitative estimate of drug-likeness (QED) is 0.898. The van der Waals surface area contributed by atoms with Crippen LogP contribution in [0, 0.1) is 0 Å². The van der Waals surface area contributed by atoms with Crippen molar-refractivity contribution in [2.75, 3.05) is 0 Å².